The molecule has 0 aliphatic carbocycles. The van der Waals surface area contributed by atoms with E-state index in [1.54, 1.807) is 0 Å². The zero-order chi connectivity index (χ0) is 12.1. The summed E-state index contributed by atoms with van der Waals surface area (Å²) in [6.45, 7) is 2.19. The van der Waals surface area contributed by atoms with Crippen molar-refractivity contribution in [1.29, 1.82) is 0 Å². The van der Waals surface area contributed by atoms with Gasteiger partial charge in [-0.05, 0) is 48.1 Å². The van der Waals surface area contributed by atoms with Crippen LogP contribution in [0, 0.1) is 0 Å². The molecular weight excluding hydrogens is 228 g/mol. The Bertz CT molecular complexity index is 471. The van der Waals surface area contributed by atoms with Crippen LogP contribution in [0.1, 0.15) is 23.6 Å². The maximum atomic E-state index is 5.87. The van der Waals surface area contributed by atoms with Gasteiger partial charge in [0, 0.05) is 5.02 Å². The van der Waals surface area contributed by atoms with Gasteiger partial charge in [0.2, 0.25) is 0 Å². The molecule has 0 spiro atoms. The summed E-state index contributed by atoms with van der Waals surface area (Å²) in [5.74, 6) is 0. The molecule has 0 nitrogen and oxygen atoms in total. The van der Waals surface area contributed by atoms with Crippen LogP contribution in [-0.2, 0) is 19.3 Å². The van der Waals surface area contributed by atoms with Gasteiger partial charge < -0.3 is 0 Å². The molecule has 0 aliphatic rings. The van der Waals surface area contributed by atoms with Crippen molar-refractivity contribution in [2.75, 3.05) is 0 Å². The van der Waals surface area contributed by atoms with E-state index in [1.165, 1.54) is 16.7 Å². The Kier molecular flexibility index (Phi) is 4.22. The molecule has 0 saturated heterocycles. The van der Waals surface area contributed by atoms with Gasteiger partial charge in [0.1, 0.15) is 0 Å². The SMILES string of the molecule is CCc1cccc(CCc2ccc(Cl)cc2)c1. The molecule has 0 unspecified atom stereocenters. The van der Waals surface area contributed by atoms with Crippen molar-refractivity contribution in [3.05, 3.63) is 70.2 Å². The van der Waals surface area contributed by atoms with Crippen LogP contribution in [0.2, 0.25) is 5.02 Å². The van der Waals surface area contributed by atoms with E-state index < -0.39 is 0 Å². The molecule has 0 bridgehead atoms. The molecule has 0 aliphatic heterocycles. The Balaban J connectivity index is 1.99. The van der Waals surface area contributed by atoms with Crippen molar-refractivity contribution in [3.63, 3.8) is 0 Å². The molecule has 0 atom stereocenters. The van der Waals surface area contributed by atoms with E-state index in [0.29, 0.717) is 0 Å². The van der Waals surface area contributed by atoms with Gasteiger partial charge in [-0.15, -0.1) is 0 Å². The van der Waals surface area contributed by atoms with Crippen LogP contribution in [0.3, 0.4) is 0 Å². The first-order valence-corrected chi connectivity index (χ1v) is 6.48. The van der Waals surface area contributed by atoms with Crippen molar-refractivity contribution in [2.45, 2.75) is 26.2 Å². The van der Waals surface area contributed by atoms with Crippen molar-refractivity contribution >= 4 is 11.6 Å². The van der Waals surface area contributed by atoms with E-state index in [1.807, 2.05) is 12.1 Å². The number of hydrogen-bond acceptors (Lipinski definition) is 0. The quantitative estimate of drug-likeness (QED) is 0.732. The first-order valence-electron chi connectivity index (χ1n) is 6.10. The van der Waals surface area contributed by atoms with Gasteiger partial charge in [0.15, 0.2) is 0 Å². The average molecular weight is 245 g/mol. The summed E-state index contributed by atoms with van der Waals surface area (Å²) in [4.78, 5) is 0. The summed E-state index contributed by atoms with van der Waals surface area (Å²) in [6, 6.07) is 17.0. The normalized spacial score (nSPS) is 10.5. The fourth-order valence-electron chi connectivity index (χ4n) is 1.94. The van der Waals surface area contributed by atoms with E-state index in [2.05, 4.69) is 43.3 Å². The predicted molar refractivity (Wildman–Crippen MR) is 74.7 cm³/mol. The second-order valence-corrected chi connectivity index (χ2v) is 4.74. The summed E-state index contributed by atoms with van der Waals surface area (Å²) in [5.41, 5.74) is 4.18. The minimum Gasteiger partial charge on any atom is -0.0843 e. The van der Waals surface area contributed by atoms with Gasteiger partial charge in [-0.3, -0.25) is 0 Å². The van der Waals surface area contributed by atoms with Crippen LogP contribution in [0.25, 0.3) is 0 Å². The zero-order valence-electron chi connectivity index (χ0n) is 10.1. The fourth-order valence-corrected chi connectivity index (χ4v) is 2.07. The molecular formula is C16H17Cl. The zero-order valence-corrected chi connectivity index (χ0v) is 10.9. The first-order chi connectivity index (χ1) is 8.28. The van der Waals surface area contributed by atoms with Crippen LogP contribution in [0.4, 0.5) is 0 Å². The average Bonchev–Trinajstić information content (AvgIpc) is 2.38. The van der Waals surface area contributed by atoms with Gasteiger partial charge in [0.05, 0.1) is 0 Å². The van der Waals surface area contributed by atoms with Crippen LogP contribution >= 0.6 is 11.6 Å². The number of hydrogen-bond donors (Lipinski definition) is 0. The molecule has 17 heavy (non-hydrogen) atoms. The number of benzene rings is 2. The number of halogens is 1. The van der Waals surface area contributed by atoms with Crippen molar-refractivity contribution in [2.24, 2.45) is 0 Å². The van der Waals surface area contributed by atoms with Crippen LogP contribution in [0.5, 0.6) is 0 Å². The third kappa shape index (κ3) is 3.61. The molecule has 1 heteroatoms. The second-order valence-electron chi connectivity index (χ2n) is 4.30. The minimum absolute atomic E-state index is 0.807. The van der Waals surface area contributed by atoms with Crippen molar-refractivity contribution in [3.8, 4) is 0 Å². The van der Waals surface area contributed by atoms with Gasteiger partial charge in [-0.25, -0.2) is 0 Å². The Labute approximate surface area is 108 Å². The summed E-state index contributed by atoms with van der Waals surface area (Å²) < 4.78 is 0. The van der Waals surface area contributed by atoms with Crippen LogP contribution in [0.15, 0.2) is 48.5 Å². The van der Waals surface area contributed by atoms with Gasteiger partial charge in [-0.2, -0.15) is 0 Å². The van der Waals surface area contributed by atoms with E-state index in [-0.39, 0.29) is 0 Å². The molecule has 0 aromatic heterocycles. The molecule has 0 radical (unpaired) electrons. The predicted octanol–water partition coefficient (Wildman–Crippen LogP) is 4.69. The Morgan fingerprint density at radius 1 is 0.824 bits per heavy atom. The molecule has 0 heterocycles. The van der Waals surface area contributed by atoms with E-state index in [4.69, 9.17) is 11.6 Å². The van der Waals surface area contributed by atoms with Gasteiger partial charge >= 0.3 is 0 Å². The largest absolute Gasteiger partial charge is 0.0843 e. The van der Waals surface area contributed by atoms with Crippen molar-refractivity contribution < 1.29 is 0 Å². The summed E-state index contributed by atoms with van der Waals surface area (Å²) in [6.07, 6.45) is 3.27. The number of rotatable bonds is 4. The molecule has 88 valence electrons. The first kappa shape index (κ1) is 12.2. The Morgan fingerprint density at radius 3 is 2.18 bits per heavy atom. The minimum atomic E-state index is 0.807. The van der Waals surface area contributed by atoms with Gasteiger partial charge in [0.25, 0.3) is 0 Å². The standard InChI is InChI=1S/C16H17Cl/c1-2-13-4-3-5-15(12-13)7-6-14-8-10-16(17)11-9-14/h3-5,8-12H,2,6-7H2,1H3. The van der Waals surface area contributed by atoms with E-state index in [9.17, 15) is 0 Å². The lowest BCUT2D eigenvalue weighted by Crippen LogP contribution is -1.92. The molecule has 2 aromatic rings. The highest BCUT2D eigenvalue weighted by Gasteiger charge is 1.97. The van der Waals surface area contributed by atoms with Crippen LogP contribution in [-0.4, -0.2) is 0 Å². The molecule has 2 rings (SSSR count). The lowest BCUT2D eigenvalue weighted by atomic mass is 10.0. The summed E-state index contributed by atoms with van der Waals surface area (Å²) in [7, 11) is 0. The maximum Gasteiger partial charge on any atom is 0.0406 e. The van der Waals surface area contributed by atoms with Crippen LogP contribution < -0.4 is 0 Å². The fraction of sp³-hybridized carbons (Fsp3) is 0.250. The third-order valence-electron chi connectivity index (χ3n) is 3.02. The molecule has 2 aromatic carbocycles. The molecule has 0 fully saturated rings. The van der Waals surface area contributed by atoms with Crippen molar-refractivity contribution in [1.82, 2.24) is 0 Å². The summed E-state index contributed by atoms with van der Waals surface area (Å²) >= 11 is 5.87. The Hall–Kier alpha value is -1.27. The third-order valence-corrected chi connectivity index (χ3v) is 3.27. The second kappa shape index (κ2) is 5.88. The molecule has 0 saturated carbocycles. The lowest BCUT2D eigenvalue weighted by molar-refractivity contribution is 0.954. The van der Waals surface area contributed by atoms with E-state index in [0.717, 1.165) is 24.3 Å². The topological polar surface area (TPSA) is 0 Å². The highest BCUT2D eigenvalue weighted by atomic mass is 35.5. The Morgan fingerprint density at radius 2 is 1.47 bits per heavy atom. The maximum absolute atomic E-state index is 5.87. The van der Waals surface area contributed by atoms with E-state index >= 15 is 0 Å². The van der Waals surface area contributed by atoms with Gasteiger partial charge in [-0.1, -0.05) is 54.9 Å². The smallest absolute Gasteiger partial charge is 0.0406 e. The highest BCUT2D eigenvalue weighted by molar-refractivity contribution is 6.30. The molecule has 0 N–H and O–H groups in total. The number of aryl methyl sites for hydroxylation is 3. The lowest BCUT2D eigenvalue weighted by Gasteiger charge is -2.04. The highest BCUT2D eigenvalue weighted by Crippen LogP contribution is 2.13. The monoisotopic (exact) mass is 244 g/mol. The summed E-state index contributed by atoms with van der Waals surface area (Å²) in [5, 5.41) is 0.807. The molecule has 0 amide bonds.